The number of nitrogens with zero attached hydrogens (tertiary/aromatic N) is 1. The first-order valence-corrected chi connectivity index (χ1v) is 7.33. The zero-order chi connectivity index (χ0) is 14.5. The van der Waals surface area contributed by atoms with E-state index >= 15 is 0 Å². The first-order chi connectivity index (χ1) is 9.56. The Balaban J connectivity index is 1.88. The molecule has 0 spiro atoms. The van der Waals surface area contributed by atoms with Gasteiger partial charge in [0.2, 0.25) is 0 Å². The summed E-state index contributed by atoms with van der Waals surface area (Å²) in [5.41, 5.74) is 6.92. The smallest absolute Gasteiger partial charge is 0.251 e. The van der Waals surface area contributed by atoms with Gasteiger partial charge in [0.15, 0.2) is 0 Å². The molecule has 1 saturated heterocycles. The maximum absolute atomic E-state index is 12.1. The highest BCUT2D eigenvalue weighted by atomic mass is 32.1. The number of hydrogen-bond acceptors (Lipinski definition) is 3. The molecule has 1 aliphatic rings. The Morgan fingerprint density at radius 3 is 2.70 bits per heavy atom. The zero-order valence-corrected chi connectivity index (χ0v) is 12.6. The third-order valence-electron chi connectivity index (χ3n) is 3.80. The van der Waals surface area contributed by atoms with E-state index in [9.17, 15) is 4.79 Å². The van der Waals surface area contributed by atoms with Crippen LogP contribution >= 0.6 is 12.2 Å². The van der Waals surface area contributed by atoms with Crippen LogP contribution in [0, 0.1) is 5.92 Å². The van der Waals surface area contributed by atoms with Gasteiger partial charge in [-0.05, 0) is 51.0 Å². The number of nitrogens with two attached hydrogens (primary N) is 1. The van der Waals surface area contributed by atoms with Crippen molar-refractivity contribution < 1.29 is 4.79 Å². The number of thiocarbonyl (C=S) groups is 1. The quantitative estimate of drug-likeness (QED) is 0.823. The molecule has 1 aromatic carbocycles. The molecule has 0 unspecified atom stereocenters. The lowest BCUT2D eigenvalue weighted by molar-refractivity contribution is 0.0939. The molecular weight excluding hydrogens is 270 g/mol. The van der Waals surface area contributed by atoms with Gasteiger partial charge >= 0.3 is 0 Å². The van der Waals surface area contributed by atoms with Crippen LogP contribution in [0.15, 0.2) is 24.3 Å². The molecule has 2 rings (SSSR count). The summed E-state index contributed by atoms with van der Waals surface area (Å²) >= 11 is 4.93. The SMILES string of the molecule is CN1CCC(CNC(=O)c2cccc(C(N)=S)c2)CC1. The lowest BCUT2D eigenvalue weighted by Gasteiger charge is -2.28. The summed E-state index contributed by atoms with van der Waals surface area (Å²) in [6.07, 6.45) is 2.29. The Hall–Kier alpha value is -1.46. The summed E-state index contributed by atoms with van der Waals surface area (Å²) < 4.78 is 0. The average molecular weight is 291 g/mol. The molecule has 0 aliphatic carbocycles. The van der Waals surface area contributed by atoms with Gasteiger partial charge < -0.3 is 16.0 Å². The lowest BCUT2D eigenvalue weighted by atomic mass is 9.97. The number of hydrogen-bond donors (Lipinski definition) is 2. The molecule has 1 aromatic rings. The summed E-state index contributed by atoms with van der Waals surface area (Å²) in [6.45, 7) is 2.96. The number of amides is 1. The number of carbonyl (C=O) groups excluding carboxylic acids is 1. The molecule has 20 heavy (non-hydrogen) atoms. The minimum atomic E-state index is -0.0537. The molecular formula is C15H21N3OS. The molecule has 0 saturated carbocycles. The van der Waals surface area contributed by atoms with Gasteiger partial charge in [-0.15, -0.1) is 0 Å². The van der Waals surface area contributed by atoms with Crippen molar-refractivity contribution in [3.05, 3.63) is 35.4 Å². The largest absolute Gasteiger partial charge is 0.389 e. The van der Waals surface area contributed by atoms with E-state index in [1.165, 1.54) is 0 Å². The van der Waals surface area contributed by atoms with Gasteiger partial charge in [0.25, 0.3) is 5.91 Å². The maximum atomic E-state index is 12.1. The Labute approximate surface area is 125 Å². The van der Waals surface area contributed by atoms with Gasteiger partial charge in [-0.1, -0.05) is 24.4 Å². The number of rotatable bonds is 4. The van der Waals surface area contributed by atoms with Crippen LogP contribution in [-0.2, 0) is 0 Å². The number of likely N-dealkylation sites (tertiary alicyclic amines) is 1. The van der Waals surface area contributed by atoms with E-state index in [1.807, 2.05) is 6.07 Å². The standard InChI is InChI=1S/C15H21N3OS/c1-18-7-5-11(6-8-18)10-17-15(19)13-4-2-3-12(9-13)14(16)20/h2-4,9,11H,5-8,10H2,1H3,(H2,16,20)(H,17,19). The molecule has 0 aromatic heterocycles. The average Bonchev–Trinajstić information content (AvgIpc) is 2.46. The molecule has 4 nitrogen and oxygen atoms in total. The van der Waals surface area contributed by atoms with Gasteiger partial charge in [-0.3, -0.25) is 4.79 Å². The molecule has 1 heterocycles. The normalized spacial score (nSPS) is 16.9. The Morgan fingerprint density at radius 2 is 2.05 bits per heavy atom. The molecule has 108 valence electrons. The minimum absolute atomic E-state index is 0.0537. The van der Waals surface area contributed by atoms with Crippen LogP contribution in [0.4, 0.5) is 0 Å². The van der Waals surface area contributed by atoms with E-state index < -0.39 is 0 Å². The predicted octanol–water partition coefficient (Wildman–Crippen LogP) is 1.39. The van der Waals surface area contributed by atoms with Gasteiger partial charge in [0.1, 0.15) is 4.99 Å². The van der Waals surface area contributed by atoms with Gasteiger partial charge in [0.05, 0.1) is 0 Å². The molecule has 1 amide bonds. The van der Waals surface area contributed by atoms with Crippen molar-refractivity contribution in [3.8, 4) is 0 Å². The fourth-order valence-corrected chi connectivity index (χ4v) is 2.55. The monoisotopic (exact) mass is 291 g/mol. The van der Waals surface area contributed by atoms with Crippen molar-refractivity contribution in [1.82, 2.24) is 10.2 Å². The zero-order valence-electron chi connectivity index (χ0n) is 11.8. The van der Waals surface area contributed by atoms with Gasteiger partial charge in [0, 0.05) is 17.7 Å². The van der Waals surface area contributed by atoms with Gasteiger partial charge in [-0.25, -0.2) is 0 Å². The Morgan fingerprint density at radius 1 is 1.40 bits per heavy atom. The van der Waals surface area contributed by atoms with Crippen molar-refractivity contribution in [2.45, 2.75) is 12.8 Å². The summed E-state index contributed by atoms with van der Waals surface area (Å²) in [7, 11) is 2.13. The maximum Gasteiger partial charge on any atom is 0.251 e. The first-order valence-electron chi connectivity index (χ1n) is 6.93. The highest BCUT2D eigenvalue weighted by Gasteiger charge is 2.17. The van der Waals surface area contributed by atoms with Crippen LogP contribution in [0.1, 0.15) is 28.8 Å². The number of carbonyl (C=O) groups is 1. The van der Waals surface area contributed by atoms with E-state index in [1.54, 1.807) is 18.2 Å². The van der Waals surface area contributed by atoms with Crippen LogP contribution in [-0.4, -0.2) is 42.5 Å². The second-order valence-electron chi connectivity index (χ2n) is 5.40. The lowest BCUT2D eigenvalue weighted by Crippen LogP contribution is -2.36. The molecule has 0 radical (unpaired) electrons. The molecule has 0 atom stereocenters. The van der Waals surface area contributed by atoms with Crippen LogP contribution in [0.3, 0.4) is 0 Å². The van der Waals surface area contributed by atoms with Crippen molar-refractivity contribution in [1.29, 1.82) is 0 Å². The summed E-state index contributed by atoms with van der Waals surface area (Å²) in [5.74, 6) is 0.524. The highest BCUT2D eigenvalue weighted by Crippen LogP contribution is 2.15. The van der Waals surface area contributed by atoms with Crippen LogP contribution in [0.25, 0.3) is 0 Å². The number of benzene rings is 1. The minimum Gasteiger partial charge on any atom is -0.389 e. The highest BCUT2D eigenvalue weighted by molar-refractivity contribution is 7.80. The number of piperidine rings is 1. The third kappa shape index (κ3) is 4.02. The van der Waals surface area contributed by atoms with Crippen LogP contribution in [0.5, 0.6) is 0 Å². The predicted molar refractivity (Wildman–Crippen MR) is 84.9 cm³/mol. The van der Waals surface area contributed by atoms with Gasteiger partial charge in [-0.2, -0.15) is 0 Å². The summed E-state index contributed by atoms with van der Waals surface area (Å²) in [5, 5.41) is 3.01. The fraction of sp³-hybridized carbons (Fsp3) is 0.467. The fourth-order valence-electron chi connectivity index (χ4n) is 2.42. The van der Waals surface area contributed by atoms with Crippen LogP contribution in [0.2, 0.25) is 0 Å². The second-order valence-corrected chi connectivity index (χ2v) is 5.84. The molecule has 3 N–H and O–H groups in total. The van der Waals surface area contributed by atoms with E-state index in [2.05, 4.69) is 17.3 Å². The van der Waals surface area contributed by atoms with Crippen molar-refractivity contribution >= 4 is 23.1 Å². The first kappa shape index (κ1) is 14.9. The third-order valence-corrected chi connectivity index (χ3v) is 4.03. The summed E-state index contributed by atoms with van der Waals surface area (Å²) in [6, 6.07) is 7.15. The Kier molecular flexibility index (Phi) is 5.09. The van der Waals surface area contributed by atoms with Crippen molar-refractivity contribution in [3.63, 3.8) is 0 Å². The molecule has 5 heteroatoms. The van der Waals surface area contributed by atoms with Crippen molar-refractivity contribution in [2.24, 2.45) is 11.7 Å². The van der Waals surface area contributed by atoms with E-state index in [4.69, 9.17) is 18.0 Å². The summed E-state index contributed by atoms with van der Waals surface area (Å²) in [4.78, 5) is 14.8. The second kappa shape index (κ2) is 6.81. The topological polar surface area (TPSA) is 58.4 Å². The molecule has 1 aliphatic heterocycles. The Bertz CT molecular complexity index is 496. The van der Waals surface area contributed by atoms with E-state index in [0.717, 1.165) is 38.0 Å². The number of nitrogens with one attached hydrogen (secondary N) is 1. The van der Waals surface area contributed by atoms with Crippen LogP contribution < -0.4 is 11.1 Å². The molecule has 1 fully saturated rings. The van der Waals surface area contributed by atoms with E-state index in [0.29, 0.717) is 16.5 Å². The molecule has 0 bridgehead atoms. The van der Waals surface area contributed by atoms with Crippen molar-refractivity contribution in [2.75, 3.05) is 26.7 Å². The van der Waals surface area contributed by atoms with E-state index in [-0.39, 0.29) is 5.91 Å².